The predicted octanol–water partition coefficient (Wildman–Crippen LogP) is 3.72. The largest absolute Gasteiger partial charge is 0.494 e. The molecular weight excluding hydrogens is 410 g/mol. The quantitative estimate of drug-likeness (QED) is 0.485. The molecule has 0 aromatic heterocycles. The highest BCUT2D eigenvalue weighted by Crippen LogP contribution is 2.36. The minimum Gasteiger partial charge on any atom is -0.494 e. The summed E-state index contributed by atoms with van der Waals surface area (Å²) in [4.78, 5) is 12.0. The van der Waals surface area contributed by atoms with Gasteiger partial charge in [0.25, 0.3) is 0 Å². The third-order valence-corrected chi connectivity index (χ3v) is 4.87. The number of aliphatic hydroxyl groups excluding tert-OH is 1. The van der Waals surface area contributed by atoms with E-state index < -0.39 is 6.10 Å². The van der Waals surface area contributed by atoms with E-state index in [-0.39, 0.29) is 24.5 Å². The average molecular weight is 446 g/mol. The Morgan fingerprint density at radius 3 is 2.19 bits per heavy atom. The fourth-order valence-corrected chi connectivity index (χ4v) is 2.99. The van der Waals surface area contributed by atoms with Gasteiger partial charge < -0.3 is 29.4 Å². The maximum absolute atomic E-state index is 12.0. The second-order valence-electron chi connectivity index (χ2n) is 8.49. The lowest BCUT2D eigenvalue weighted by molar-refractivity contribution is -0.121. The van der Waals surface area contributed by atoms with Crippen molar-refractivity contribution in [1.82, 2.24) is 5.32 Å². The van der Waals surface area contributed by atoms with Gasteiger partial charge in [0.2, 0.25) is 11.7 Å². The summed E-state index contributed by atoms with van der Waals surface area (Å²) in [6.45, 7) is 7.03. The summed E-state index contributed by atoms with van der Waals surface area (Å²) in [5, 5.41) is 12.9. The SMILES string of the molecule is COc1cccc(OC)c1OC[C@@H](O)CNC(=O)CCCOc1ccc(C(C)(C)C)cc1. The van der Waals surface area contributed by atoms with Crippen LogP contribution >= 0.6 is 0 Å². The smallest absolute Gasteiger partial charge is 0.220 e. The summed E-state index contributed by atoms with van der Waals surface area (Å²) in [6.07, 6.45) is 0.0254. The van der Waals surface area contributed by atoms with Crippen molar-refractivity contribution in [1.29, 1.82) is 0 Å². The lowest BCUT2D eigenvalue weighted by Crippen LogP contribution is -2.35. The Morgan fingerprint density at radius 1 is 1.00 bits per heavy atom. The van der Waals surface area contributed by atoms with Crippen LogP contribution in [0.4, 0.5) is 0 Å². The minimum absolute atomic E-state index is 0.00924. The summed E-state index contributed by atoms with van der Waals surface area (Å²) in [5.41, 5.74) is 1.35. The Hall–Kier alpha value is -2.93. The molecule has 0 saturated carbocycles. The van der Waals surface area contributed by atoms with Crippen molar-refractivity contribution in [3.05, 3.63) is 48.0 Å². The number of hydrogen-bond donors (Lipinski definition) is 2. The first-order chi connectivity index (χ1) is 15.2. The molecule has 7 nitrogen and oxygen atoms in total. The van der Waals surface area contributed by atoms with Crippen molar-refractivity contribution >= 4 is 5.91 Å². The number of benzene rings is 2. The van der Waals surface area contributed by atoms with Crippen molar-refractivity contribution in [3.8, 4) is 23.0 Å². The molecule has 1 amide bonds. The number of nitrogens with one attached hydrogen (secondary N) is 1. The highest BCUT2D eigenvalue weighted by molar-refractivity contribution is 5.75. The van der Waals surface area contributed by atoms with Crippen LogP contribution in [0.3, 0.4) is 0 Å². The predicted molar refractivity (Wildman–Crippen MR) is 124 cm³/mol. The van der Waals surface area contributed by atoms with Crippen LogP contribution in [0.25, 0.3) is 0 Å². The highest BCUT2D eigenvalue weighted by Gasteiger charge is 2.15. The van der Waals surface area contributed by atoms with Crippen LogP contribution in [0, 0.1) is 0 Å². The van der Waals surface area contributed by atoms with E-state index in [1.807, 2.05) is 12.1 Å². The molecule has 0 saturated heterocycles. The lowest BCUT2D eigenvalue weighted by Gasteiger charge is -2.19. The number of rotatable bonds is 12. The van der Waals surface area contributed by atoms with Gasteiger partial charge in [0, 0.05) is 13.0 Å². The molecule has 2 aromatic carbocycles. The monoisotopic (exact) mass is 445 g/mol. The second kappa shape index (κ2) is 12.2. The summed E-state index contributed by atoms with van der Waals surface area (Å²) >= 11 is 0. The van der Waals surface area contributed by atoms with Gasteiger partial charge in [0.05, 0.1) is 20.8 Å². The van der Waals surface area contributed by atoms with E-state index in [4.69, 9.17) is 18.9 Å². The van der Waals surface area contributed by atoms with Crippen LogP contribution in [0.5, 0.6) is 23.0 Å². The van der Waals surface area contributed by atoms with Crippen LogP contribution < -0.4 is 24.3 Å². The van der Waals surface area contributed by atoms with Gasteiger partial charge in [-0.25, -0.2) is 0 Å². The summed E-state index contributed by atoms with van der Waals surface area (Å²) in [5.74, 6) is 2.07. The Morgan fingerprint density at radius 2 is 1.62 bits per heavy atom. The Bertz CT molecular complexity index is 822. The van der Waals surface area contributed by atoms with Gasteiger partial charge in [0.1, 0.15) is 18.5 Å². The molecule has 0 heterocycles. The maximum Gasteiger partial charge on any atom is 0.220 e. The number of aliphatic hydroxyl groups is 1. The van der Waals surface area contributed by atoms with Gasteiger partial charge in [-0.15, -0.1) is 0 Å². The van der Waals surface area contributed by atoms with Crippen molar-refractivity contribution in [2.24, 2.45) is 0 Å². The molecule has 0 aliphatic rings. The minimum atomic E-state index is -0.869. The molecule has 0 aliphatic carbocycles. The van der Waals surface area contributed by atoms with E-state index >= 15 is 0 Å². The molecule has 0 unspecified atom stereocenters. The van der Waals surface area contributed by atoms with Crippen LogP contribution in [0.2, 0.25) is 0 Å². The van der Waals surface area contributed by atoms with E-state index in [0.717, 1.165) is 5.75 Å². The fourth-order valence-electron chi connectivity index (χ4n) is 2.99. The van der Waals surface area contributed by atoms with Crippen LogP contribution in [-0.4, -0.2) is 51.1 Å². The van der Waals surface area contributed by atoms with Crippen molar-refractivity contribution in [2.45, 2.75) is 45.1 Å². The molecule has 0 aliphatic heterocycles. The number of carbonyl (C=O) groups excluding carboxylic acids is 1. The third kappa shape index (κ3) is 7.96. The molecule has 1 atom stereocenters. The van der Waals surface area contributed by atoms with Gasteiger partial charge in [-0.1, -0.05) is 39.0 Å². The Balaban J connectivity index is 1.66. The average Bonchev–Trinajstić information content (AvgIpc) is 2.78. The van der Waals surface area contributed by atoms with E-state index in [1.54, 1.807) is 18.2 Å². The molecule has 0 fully saturated rings. The van der Waals surface area contributed by atoms with Crippen molar-refractivity contribution < 1.29 is 28.8 Å². The lowest BCUT2D eigenvalue weighted by atomic mass is 9.87. The van der Waals surface area contributed by atoms with Crippen molar-refractivity contribution in [3.63, 3.8) is 0 Å². The molecular formula is C25H35NO6. The zero-order valence-electron chi connectivity index (χ0n) is 19.6. The van der Waals surface area contributed by atoms with Crippen LogP contribution in [0.1, 0.15) is 39.2 Å². The van der Waals surface area contributed by atoms with Gasteiger partial charge >= 0.3 is 0 Å². The number of carbonyl (C=O) groups is 1. The number of amides is 1. The van der Waals surface area contributed by atoms with E-state index in [0.29, 0.717) is 36.7 Å². The Kier molecular flexibility index (Phi) is 9.65. The first kappa shape index (κ1) is 25.3. The van der Waals surface area contributed by atoms with Crippen molar-refractivity contribution in [2.75, 3.05) is 34.0 Å². The van der Waals surface area contributed by atoms with Gasteiger partial charge in [-0.3, -0.25) is 4.79 Å². The molecule has 2 rings (SSSR count). The number of methoxy groups -OCH3 is 2. The molecule has 7 heteroatoms. The first-order valence-electron chi connectivity index (χ1n) is 10.8. The second-order valence-corrected chi connectivity index (χ2v) is 8.49. The molecule has 0 radical (unpaired) electrons. The van der Waals surface area contributed by atoms with Crippen LogP contribution in [-0.2, 0) is 10.2 Å². The molecule has 176 valence electrons. The zero-order chi connectivity index (χ0) is 23.6. The molecule has 2 aromatic rings. The molecule has 2 N–H and O–H groups in total. The molecule has 0 spiro atoms. The first-order valence-corrected chi connectivity index (χ1v) is 10.8. The Labute approximate surface area is 190 Å². The van der Waals surface area contributed by atoms with Gasteiger partial charge in [0.15, 0.2) is 11.5 Å². The summed E-state index contributed by atoms with van der Waals surface area (Å²) < 4.78 is 21.9. The van der Waals surface area contributed by atoms with Crippen LogP contribution in [0.15, 0.2) is 42.5 Å². The summed E-state index contributed by atoms with van der Waals surface area (Å²) in [7, 11) is 3.06. The van der Waals surface area contributed by atoms with E-state index in [9.17, 15) is 9.90 Å². The van der Waals surface area contributed by atoms with Gasteiger partial charge in [-0.2, -0.15) is 0 Å². The standard InChI is InChI=1S/C25H35NO6/c1-25(2,3)18-11-13-20(14-12-18)31-15-7-10-23(28)26-16-19(27)17-32-24-21(29-4)8-6-9-22(24)30-5/h6,8-9,11-14,19,27H,7,10,15-17H2,1-5H3,(H,26,28)/t19-/m0/s1. The number of para-hydroxylation sites is 1. The maximum atomic E-state index is 12.0. The van der Waals surface area contributed by atoms with E-state index in [2.05, 4.69) is 38.2 Å². The fraction of sp³-hybridized carbons (Fsp3) is 0.480. The third-order valence-electron chi connectivity index (χ3n) is 4.87. The topological polar surface area (TPSA) is 86.3 Å². The number of hydrogen-bond acceptors (Lipinski definition) is 6. The molecule has 32 heavy (non-hydrogen) atoms. The number of ether oxygens (including phenoxy) is 4. The highest BCUT2D eigenvalue weighted by atomic mass is 16.5. The normalized spacial score (nSPS) is 12.1. The summed E-state index contributed by atoms with van der Waals surface area (Å²) in [6, 6.07) is 13.3. The van der Waals surface area contributed by atoms with E-state index in [1.165, 1.54) is 19.8 Å². The zero-order valence-corrected chi connectivity index (χ0v) is 19.6. The van der Waals surface area contributed by atoms with Gasteiger partial charge in [-0.05, 0) is 41.7 Å². The molecule has 0 bridgehead atoms.